The molecule has 0 amide bonds. The van der Waals surface area contributed by atoms with E-state index in [-0.39, 0.29) is 17.8 Å². The topological polar surface area (TPSA) is 104 Å². The largest absolute Gasteiger partial charge is 0.369 e. The fourth-order valence-electron chi connectivity index (χ4n) is 3.94. The third-order valence-electron chi connectivity index (χ3n) is 5.46. The lowest BCUT2D eigenvalue weighted by Gasteiger charge is -2.39. The Hall–Kier alpha value is -3.71. The van der Waals surface area contributed by atoms with E-state index >= 15 is 0 Å². The molecule has 3 aromatic rings. The number of fused-ring (bicyclic) bond motifs is 1. The Balaban J connectivity index is 1.80. The summed E-state index contributed by atoms with van der Waals surface area (Å²) in [4.78, 5) is 22.1. The number of hydrogen-bond donors (Lipinski definition) is 3. The first-order valence-corrected chi connectivity index (χ1v) is 10.1. The number of Topliss-reactive ketones (excluding diaryl/α,β-unsaturated/α-hetero) is 1. The van der Waals surface area contributed by atoms with Crippen LogP contribution in [0.2, 0.25) is 0 Å². The quantitative estimate of drug-likeness (QED) is 0.543. The maximum atomic E-state index is 12.0. The van der Waals surface area contributed by atoms with Crippen LogP contribution in [0.5, 0.6) is 0 Å². The monoisotopic (exact) mass is 415 g/mol. The molecule has 2 heterocycles. The fraction of sp³-hybridized carbons (Fsp3) is 0.208. The van der Waals surface area contributed by atoms with Gasteiger partial charge in [0, 0.05) is 23.1 Å². The van der Waals surface area contributed by atoms with Crippen molar-refractivity contribution >= 4 is 29.3 Å². The molecule has 0 radical (unpaired) electrons. The lowest BCUT2D eigenvalue weighted by atomic mass is 9.93. The van der Waals surface area contributed by atoms with Gasteiger partial charge in [-0.25, -0.2) is 4.98 Å². The molecule has 7 nitrogen and oxygen atoms in total. The third-order valence-corrected chi connectivity index (χ3v) is 5.46. The maximum absolute atomic E-state index is 12.0. The van der Waals surface area contributed by atoms with E-state index in [2.05, 4.69) is 21.4 Å². The number of aromatic nitrogens is 2. The van der Waals surface area contributed by atoms with E-state index in [9.17, 15) is 9.90 Å². The van der Waals surface area contributed by atoms with Crippen molar-refractivity contribution in [2.24, 2.45) is 0 Å². The number of nitrogens with one attached hydrogen (secondary N) is 1. The van der Waals surface area contributed by atoms with Crippen LogP contribution in [0.4, 0.5) is 17.5 Å². The van der Waals surface area contributed by atoms with Crippen molar-refractivity contribution in [2.75, 3.05) is 16.0 Å². The van der Waals surface area contributed by atoms with Crippen LogP contribution in [0.1, 0.15) is 47.1 Å². The second kappa shape index (κ2) is 8.20. The Bertz CT molecular complexity index is 1160. The van der Waals surface area contributed by atoms with Crippen molar-refractivity contribution in [2.45, 2.75) is 33.0 Å². The number of carbonyl (C=O) groups is 1. The predicted molar refractivity (Wildman–Crippen MR) is 123 cm³/mol. The molecule has 2 atom stereocenters. The molecule has 0 saturated heterocycles. The second-order valence-corrected chi connectivity index (χ2v) is 7.64. The van der Waals surface area contributed by atoms with Crippen molar-refractivity contribution in [3.8, 4) is 0 Å². The Labute approximate surface area is 181 Å². The highest BCUT2D eigenvalue weighted by atomic mass is 16.3. The zero-order chi connectivity index (χ0) is 22.1. The van der Waals surface area contributed by atoms with E-state index < -0.39 is 6.23 Å². The number of nitrogens with two attached hydrogens (primary N) is 1. The summed E-state index contributed by atoms with van der Waals surface area (Å²) in [7, 11) is 0. The zero-order valence-electron chi connectivity index (χ0n) is 17.7. The van der Waals surface area contributed by atoms with Crippen molar-refractivity contribution in [1.29, 1.82) is 0 Å². The first-order chi connectivity index (χ1) is 14.9. The number of rotatable bonds is 5. The number of aliphatic hydroxyl groups excluding tert-OH is 1. The number of anilines is 3. The number of para-hydroxylation sites is 1. The number of benzene rings is 2. The molecular weight excluding hydrogens is 390 g/mol. The molecule has 4 N–H and O–H groups in total. The molecule has 7 heteroatoms. The van der Waals surface area contributed by atoms with Crippen molar-refractivity contribution in [1.82, 2.24) is 9.97 Å². The first kappa shape index (κ1) is 20.6. The van der Waals surface area contributed by atoms with E-state index in [0.717, 1.165) is 28.1 Å². The highest BCUT2D eigenvalue weighted by Gasteiger charge is 2.32. The lowest BCUT2D eigenvalue weighted by Crippen LogP contribution is -2.38. The van der Waals surface area contributed by atoms with E-state index in [1.807, 2.05) is 67.3 Å². The Kier molecular flexibility index (Phi) is 5.44. The summed E-state index contributed by atoms with van der Waals surface area (Å²) in [5, 5.41) is 14.7. The number of hydrogen-bond acceptors (Lipinski definition) is 7. The highest BCUT2D eigenvalue weighted by molar-refractivity contribution is 5.98. The van der Waals surface area contributed by atoms with Gasteiger partial charge in [-0.1, -0.05) is 36.4 Å². The van der Waals surface area contributed by atoms with Gasteiger partial charge in [-0.05, 0) is 50.1 Å². The Morgan fingerprint density at radius 1 is 1.19 bits per heavy atom. The molecule has 0 fully saturated rings. The summed E-state index contributed by atoms with van der Waals surface area (Å²) < 4.78 is 0. The molecule has 0 bridgehead atoms. The summed E-state index contributed by atoms with van der Waals surface area (Å²) in [6.45, 7) is 5.41. The third kappa shape index (κ3) is 3.87. The molecule has 1 aromatic heterocycles. The molecule has 1 unspecified atom stereocenters. The van der Waals surface area contributed by atoms with Crippen LogP contribution in [0.3, 0.4) is 0 Å². The molecule has 4 rings (SSSR count). The van der Waals surface area contributed by atoms with Crippen LogP contribution in [0, 0.1) is 6.92 Å². The average Bonchev–Trinajstić information content (AvgIpc) is 2.74. The molecule has 0 spiro atoms. The standard InChI is InChI=1S/C24H25N5O2/c1-14-8-7-9-17-12-20(29(23(31)21(14)17)18-10-5-4-6-11-18)15(2)27-22-19(16(3)30)13-26-24(25)28-22/h4-13,15,23,31H,1-3H3,(H3,25,26,27,28)/t15-,23?/m0/s1. The Morgan fingerprint density at radius 3 is 2.65 bits per heavy atom. The number of ketones is 1. The van der Waals surface area contributed by atoms with Crippen LogP contribution in [-0.4, -0.2) is 26.9 Å². The van der Waals surface area contributed by atoms with Gasteiger partial charge in [-0.2, -0.15) is 4.98 Å². The number of nitrogen functional groups attached to an aromatic ring is 1. The minimum absolute atomic E-state index is 0.0817. The smallest absolute Gasteiger partial charge is 0.221 e. The zero-order valence-corrected chi connectivity index (χ0v) is 17.7. The Morgan fingerprint density at radius 2 is 1.94 bits per heavy atom. The van der Waals surface area contributed by atoms with E-state index in [1.54, 1.807) is 0 Å². The van der Waals surface area contributed by atoms with Crippen LogP contribution < -0.4 is 16.0 Å². The lowest BCUT2D eigenvalue weighted by molar-refractivity contribution is 0.101. The maximum Gasteiger partial charge on any atom is 0.221 e. The molecule has 158 valence electrons. The highest BCUT2D eigenvalue weighted by Crippen LogP contribution is 2.39. The van der Waals surface area contributed by atoms with Gasteiger partial charge in [-0.3, -0.25) is 4.79 Å². The number of nitrogens with zero attached hydrogens (tertiary/aromatic N) is 3. The van der Waals surface area contributed by atoms with Crippen molar-refractivity contribution < 1.29 is 9.90 Å². The van der Waals surface area contributed by atoms with Crippen LogP contribution in [-0.2, 0) is 0 Å². The molecule has 1 aliphatic rings. The van der Waals surface area contributed by atoms with E-state index in [1.165, 1.54) is 13.1 Å². The van der Waals surface area contributed by atoms with Gasteiger partial charge >= 0.3 is 0 Å². The van der Waals surface area contributed by atoms with Crippen LogP contribution >= 0.6 is 0 Å². The van der Waals surface area contributed by atoms with Crippen molar-refractivity contribution in [3.05, 3.63) is 82.7 Å². The summed E-state index contributed by atoms with van der Waals surface area (Å²) in [6, 6.07) is 15.4. The fourth-order valence-corrected chi connectivity index (χ4v) is 3.94. The van der Waals surface area contributed by atoms with Gasteiger partial charge in [0.15, 0.2) is 12.0 Å². The minimum Gasteiger partial charge on any atom is -0.369 e. The van der Waals surface area contributed by atoms with E-state index in [4.69, 9.17) is 5.73 Å². The molecular formula is C24H25N5O2. The van der Waals surface area contributed by atoms with Gasteiger partial charge in [0.25, 0.3) is 0 Å². The molecule has 2 aromatic carbocycles. The van der Waals surface area contributed by atoms with E-state index in [0.29, 0.717) is 11.4 Å². The first-order valence-electron chi connectivity index (χ1n) is 10.1. The molecule has 0 saturated carbocycles. The number of carbonyl (C=O) groups excluding carboxylic acids is 1. The summed E-state index contributed by atoms with van der Waals surface area (Å²) in [5.74, 6) is 0.289. The predicted octanol–water partition coefficient (Wildman–Crippen LogP) is 3.92. The molecule has 1 aliphatic heterocycles. The average molecular weight is 415 g/mol. The van der Waals surface area contributed by atoms with Gasteiger partial charge in [-0.15, -0.1) is 0 Å². The summed E-state index contributed by atoms with van der Waals surface area (Å²) >= 11 is 0. The minimum atomic E-state index is -0.856. The molecule has 31 heavy (non-hydrogen) atoms. The molecule has 0 aliphatic carbocycles. The van der Waals surface area contributed by atoms with Gasteiger partial charge < -0.3 is 21.1 Å². The van der Waals surface area contributed by atoms with Crippen LogP contribution in [0.25, 0.3) is 6.08 Å². The number of aryl methyl sites for hydroxylation is 1. The van der Waals surface area contributed by atoms with Gasteiger partial charge in [0.05, 0.1) is 11.6 Å². The van der Waals surface area contributed by atoms with Gasteiger partial charge in [0.2, 0.25) is 5.95 Å². The number of aliphatic hydroxyl groups is 1. The van der Waals surface area contributed by atoms with Crippen molar-refractivity contribution in [3.63, 3.8) is 0 Å². The SMILES string of the molecule is CC(=O)c1cnc(N)nc1N[C@@H](C)C1=Cc2cccc(C)c2C(O)N1c1ccccc1. The summed E-state index contributed by atoms with van der Waals surface area (Å²) in [6.07, 6.45) is 2.63. The van der Waals surface area contributed by atoms with Gasteiger partial charge in [0.1, 0.15) is 5.82 Å². The normalized spacial score (nSPS) is 16.3. The second-order valence-electron chi connectivity index (χ2n) is 7.64. The summed E-state index contributed by atoms with van der Waals surface area (Å²) in [5.41, 5.74) is 10.7. The van der Waals surface area contributed by atoms with Crippen LogP contribution in [0.15, 0.2) is 60.4 Å².